The van der Waals surface area contributed by atoms with Crippen molar-refractivity contribution in [3.8, 4) is 0 Å². The predicted molar refractivity (Wildman–Crippen MR) is 79.4 cm³/mol. The highest BCUT2D eigenvalue weighted by molar-refractivity contribution is 7.15. The highest BCUT2D eigenvalue weighted by Gasteiger charge is 2.17. The highest BCUT2D eigenvalue weighted by Crippen LogP contribution is 2.30. The van der Waals surface area contributed by atoms with E-state index in [1.807, 2.05) is 6.07 Å². The SMILES string of the molecule is CCCC(Nc1nc(C(=O)O)c(C)s1)c1cccs1. The summed E-state index contributed by atoms with van der Waals surface area (Å²) in [4.78, 5) is 17.1. The Morgan fingerprint density at radius 1 is 1.58 bits per heavy atom. The van der Waals surface area contributed by atoms with Crippen LogP contribution in [0.2, 0.25) is 0 Å². The fraction of sp³-hybridized carbons (Fsp3) is 0.385. The van der Waals surface area contributed by atoms with Gasteiger partial charge in [-0.1, -0.05) is 19.4 Å². The molecule has 2 aromatic heterocycles. The Labute approximate surface area is 120 Å². The first-order valence-electron chi connectivity index (χ1n) is 6.12. The van der Waals surface area contributed by atoms with E-state index in [0.717, 1.165) is 17.7 Å². The predicted octanol–water partition coefficient (Wildman–Crippen LogP) is 4.16. The third-order valence-electron chi connectivity index (χ3n) is 2.76. The maximum absolute atomic E-state index is 11.0. The number of thiazole rings is 1. The van der Waals surface area contributed by atoms with Crippen LogP contribution >= 0.6 is 22.7 Å². The summed E-state index contributed by atoms with van der Waals surface area (Å²) >= 11 is 3.10. The van der Waals surface area contributed by atoms with E-state index >= 15 is 0 Å². The van der Waals surface area contributed by atoms with Crippen LogP contribution < -0.4 is 5.32 Å². The summed E-state index contributed by atoms with van der Waals surface area (Å²) < 4.78 is 0. The normalized spacial score (nSPS) is 12.3. The molecule has 0 amide bonds. The Bertz CT molecular complexity index is 549. The van der Waals surface area contributed by atoms with E-state index in [1.165, 1.54) is 16.2 Å². The number of carboxylic acid groups (broad SMARTS) is 1. The van der Waals surface area contributed by atoms with Gasteiger partial charge in [-0.2, -0.15) is 0 Å². The van der Waals surface area contributed by atoms with Gasteiger partial charge >= 0.3 is 5.97 Å². The van der Waals surface area contributed by atoms with Crippen molar-refractivity contribution in [1.29, 1.82) is 0 Å². The second-order valence-electron chi connectivity index (χ2n) is 4.23. The minimum Gasteiger partial charge on any atom is -0.476 e. The summed E-state index contributed by atoms with van der Waals surface area (Å²) in [6, 6.07) is 4.33. The van der Waals surface area contributed by atoms with Gasteiger partial charge in [-0.3, -0.25) is 0 Å². The zero-order valence-corrected chi connectivity index (χ0v) is 12.5. The van der Waals surface area contributed by atoms with E-state index in [1.54, 1.807) is 18.3 Å². The van der Waals surface area contributed by atoms with Crippen molar-refractivity contribution < 1.29 is 9.90 Å². The number of aromatic nitrogens is 1. The van der Waals surface area contributed by atoms with Crippen LogP contribution in [0, 0.1) is 6.92 Å². The smallest absolute Gasteiger partial charge is 0.355 e. The van der Waals surface area contributed by atoms with Crippen LogP contribution in [-0.4, -0.2) is 16.1 Å². The molecule has 0 aliphatic heterocycles. The van der Waals surface area contributed by atoms with Gasteiger partial charge in [-0.25, -0.2) is 9.78 Å². The van der Waals surface area contributed by atoms with Gasteiger partial charge in [0.05, 0.1) is 6.04 Å². The number of aromatic carboxylic acids is 1. The van der Waals surface area contributed by atoms with E-state index < -0.39 is 5.97 Å². The lowest BCUT2D eigenvalue weighted by atomic mass is 10.1. The monoisotopic (exact) mass is 296 g/mol. The Hall–Kier alpha value is -1.40. The summed E-state index contributed by atoms with van der Waals surface area (Å²) in [5, 5.41) is 15.1. The fourth-order valence-corrected chi connectivity index (χ4v) is 3.54. The Morgan fingerprint density at radius 2 is 2.37 bits per heavy atom. The maximum Gasteiger partial charge on any atom is 0.355 e. The number of nitrogens with zero attached hydrogens (tertiary/aromatic N) is 1. The number of carboxylic acids is 1. The van der Waals surface area contributed by atoms with Crippen LogP contribution in [0.1, 0.15) is 46.0 Å². The fourth-order valence-electron chi connectivity index (χ4n) is 1.87. The third kappa shape index (κ3) is 3.33. The van der Waals surface area contributed by atoms with Crippen LogP contribution in [0.3, 0.4) is 0 Å². The highest BCUT2D eigenvalue weighted by atomic mass is 32.1. The standard InChI is InChI=1S/C13H16N2O2S2/c1-3-5-9(10-6-4-7-18-10)14-13-15-11(12(16)17)8(2)19-13/h4,6-7,9H,3,5H2,1-2H3,(H,14,15)(H,16,17). The zero-order valence-electron chi connectivity index (χ0n) is 10.8. The maximum atomic E-state index is 11.0. The average Bonchev–Trinajstić information content (AvgIpc) is 2.97. The second kappa shape index (κ2) is 6.16. The number of anilines is 1. The van der Waals surface area contributed by atoms with E-state index in [0.29, 0.717) is 5.13 Å². The zero-order chi connectivity index (χ0) is 13.8. The minimum absolute atomic E-state index is 0.147. The molecule has 0 aromatic carbocycles. The van der Waals surface area contributed by atoms with E-state index in [9.17, 15) is 4.79 Å². The first-order valence-corrected chi connectivity index (χ1v) is 7.82. The number of nitrogens with one attached hydrogen (secondary N) is 1. The minimum atomic E-state index is -0.968. The van der Waals surface area contributed by atoms with Gasteiger partial charge < -0.3 is 10.4 Å². The molecule has 0 spiro atoms. The molecule has 0 saturated heterocycles. The number of hydrogen-bond donors (Lipinski definition) is 2. The Balaban J connectivity index is 2.18. The molecular formula is C13H16N2O2S2. The molecule has 0 saturated carbocycles. The van der Waals surface area contributed by atoms with Crippen molar-refractivity contribution in [2.75, 3.05) is 5.32 Å². The van der Waals surface area contributed by atoms with Gasteiger partial charge in [0.15, 0.2) is 10.8 Å². The lowest BCUT2D eigenvalue weighted by Gasteiger charge is -2.15. The number of thiophene rings is 1. The van der Waals surface area contributed by atoms with Crippen molar-refractivity contribution in [2.45, 2.75) is 32.7 Å². The average molecular weight is 296 g/mol. The summed E-state index contributed by atoms with van der Waals surface area (Å²) in [6.07, 6.45) is 2.06. The summed E-state index contributed by atoms with van der Waals surface area (Å²) in [5.74, 6) is -0.968. The molecule has 6 heteroatoms. The second-order valence-corrected chi connectivity index (χ2v) is 6.41. The van der Waals surface area contributed by atoms with Gasteiger partial charge in [0, 0.05) is 9.75 Å². The number of hydrogen-bond acceptors (Lipinski definition) is 5. The van der Waals surface area contributed by atoms with Crippen molar-refractivity contribution in [2.24, 2.45) is 0 Å². The van der Waals surface area contributed by atoms with E-state index in [2.05, 4.69) is 28.7 Å². The van der Waals surface area contributed by atoms with Gasteiger partial charge in [0.2, 0.25) is 0 Å². The molecule has 0 fully saturated rings. The number of rotatable bonds is 6. The first-order chi connectivity index (χ1) is 9.11. The van der Waals surface area contributed by atoms with Gasteiger partial charge in [-0.05, 0) is 24.8 Å². The molecule has 1 atom stereocenters. The van der Waals surface area contributed by atoms with Crippen LogP contribution in [0.4, 0.5) is 5.13 Å². The Kier molecular flexibility index (Phi) is 4.55. The largest absolute Gasteiger partial charge is 0.476 e. The van der Waals surface area contributed by atoms with Crippen molar-refractivity contribution >= 4 is 33.8 Å². The molecule has 102 valence electrons. The number of carbonyl (C=O) groups is 1. The molecule has 0 bridgehead atoms. The molecule has 19 heavy (non-hydrogen) atoms. The molecule has 0 radical (unpaired) electrons. The summed E-state index contributed by atoms with van der Waals surface area (Å²) in [7, 11) is 0. The van der Waals surface area contributed by atoms with Gasteiger partial charge in [0.25, 0.3) is 0 Å². The summed E-state index contributed by atoms with van der Waals surface area (Å²) in [5.41, 5.74) is 0.147. The number of aryl methyl sites for hydroxylation is 1. The van der Waals surface area contributed by atoms with Gasteiger partial charge in [-0.15, -0.1) is 22.7 Å². The topological polar surface area (TPSA) is 62.2 Å². The van der Waals surface area contributed by atoms with Crippen LogP contribution in [-0.2, 0) is 0 Å². The molecule has 2 heterocycles. The van der Waals surface area contributed by atoms with E-state index in [-0.39, 0.29) is 11.7 Å². The van der Waals surface area contributed by atoms with Crippen LogP contribution in [0.5, 0.6) is 0 Å². The van der Waals surface area contributed by atoms with Crippen LogP contribution in [0.25, 0.3) is 0 Å². The molecule has 0 aliphatic carbocycles. The summed E-state index contributed by atoms with van der Waals surface area (Å²) in [6.45, 7) is 3.92. The van der Waals surface area contributed by atoms with E-state index in [4.69, 9.17) is 5.11 Å². The van der Waals surface area contributed by atoms with Gasteiger partial charge in [0.1, 0.15) is 0 Å². The molecule has 4 nitrogen and oxygen atoms in total. The molecular weight excluding hydrogens is 280 g/mol. The lowest BCUT2D eigenvalue weighted by molar-refractivity contribution is 0.0690. The Morgan fingerprint density at radius 3 is 2.89 bits per heavy atom. The third-order valence-corrected chi connectivity index (χ3v) is 4.65. The van der Waals surface area contributed by atoms with Crippen molar-refractivity contribution in [1.82, 2.24) is 4.98 Å². The molecule has 2 rings (SSSR count). The lowest BCUT2D eigenvalue weighted by Crippen LogP contribution is -2.09. The first kappa shape index (κ1) is 14.0. The molecule has 0 aliphatic rings. The quantitative estimate of drug-likeness (QED) is 0.840. The van der Waals surface area contributed by atoms with Crippen molar-refractivity contribution in [3.05, 3.63) is 33.0 Å². The van der Waals surface area contributed by atoms with Crippen molar-refractivity contribution in [3.63, 3.8) is 0 Å². The molecule has 2 N–H and O–H groups in total. The molecule has 2 aromatic rings. The molecule has 1 unspecified atom stereocenters. The van der Waals surface area contributed by atoms with Crippen LogP contribution in [0.15, 0.2) is 17.5 Å².